The lowest BCUT2D eigenvalue weighted by atomic mass is 10.2. The average Bonchev–Trinajstić information content (AvgIpc) is 2.48. The molecule has 1 rings (SSSR count). The van der Waals surface area contributed by atoms with E-state index in [0.29, 0.717) is 5.92 Å². The first-order valence-electron chi connectivity index (χ1n) is 4.69. The molecule has 0 aromatic rings. The van der Waals surface area contributed by atoms with Crippen molar-refractivity contribution in [2.45, 2.75) is 27.2 Å². The molecule has 1 heterocycles. The summed E-state index contributed by atoms with van der Waals surface area (Å²) >= 11 is 3.34. The number of rotatable bonds is 3. The van der Waals surface area contributed by atoms with E-state index >= 15 is 0 Å². The van der Waals surface area contributed by atoms with Gasteiger partial charge < -0.3 is 0 Å². The maximum absolute atomic E-state index is 12.3. The molecule has 0 saturated carbocycles. The lowest BCUT2D eigenvalue weighted by Crippen LogP contribution is -1.84. The molecule has 0 aromatic carbocycles. The highest BCUT2D eigenvalue weighted by Crippen LogP contribution is 2.78. The van der Waals surface area contributed by atoms with Crippen LogP contribution in [0.3, 0.4) is 0 Å². The van der Waals surface area contributed by atoms with E-state index in [4.69, 9.17) is 0 Å². The lowest BCUT2D eigenvalue weighted by molar-refractivity contribution is 0.596. The topological polar surface area (TPSA) is 17.1 Å². The van der Waals surface area contributed by atoms with Crippen LogP contribution in [0.25, 0.3) is 0 Å². The molecule has 0 spiro atoms. The van der Waals surface area contributed by atoms with E-state index in [1.165, 1.54) is 5.31 Å². The summed E-state index contributed by atoms with van der Waals surface area (Å²) in [7, 11) is 0. The fourth-order valence-electron chi connectivity index (χ4n) is 1.31. The van der Waals surface area contributed by atoms with Gasteiger partial charge >= 0.3 is 0 Å². The van der Waals surface area contributed by atoms with Crippen molar-refractivity contribution in [2.75, 3.05) is 11.5 Å². The predicted molar refractivity (Wildman–Crippen MR) is 65.7 cm³/mol. The first-order chi connectivity index (χ1) is 6.08. The summed E-state index contributed by atoms with van der Waals surface area (Å²) in [5, 5.41) is 1.19. The van der Waals surface area contributed by atoms with Gasteiger partial charge in [-0.15, -0.1) is 0 Å². The van der Waals surface area contributed by atoms with Gasteiger partial charge in [0.05, 0.1) is 0 Å². The van der Waals surface area contributed by atoms with E-state index in [2.05, 4.69) is 26.8 Å². The van der Waals surface area contributed by atoms with Gasteiger partial charge in [-0.25, -0.2) is 0 Å². The fourth-order valence-corrected chi connectivity index (χ4v) is 10.8. The first kappa shape index (κ1) is 11.7. The second-order valence-electron chi connectivity index (χ2n) is 3.42. The van der Waals surface area contributed by atoms with Crippen molar-refractivity contribution < 1.29 is 4.57 Å². The monoisotopic (exact) mass is 236 g/mol. The summed E-state index contributed by atoms with van der Waals surface area (Å²) in [6.45, 7) is 6.40. The van der Waals surface area contributed by atoms with Crippen LogP contribution in [-0.2, 0) is 4.57 Å². The van der Waals surface area contributed by atoms with Crippen LogP contribution in [0.5, 0.6) is 0 Å². The van der Waals surface area contributed by atoms with Crippen molar-refractivity contribution in [2.24, 2.45) is 5.92 Å². The Labute approximate surface area is 89.0 Å². The molecule has 0 unspecified atom stereocenters. The summed E-state index contributed by atoms with van der Waals surface area (Å²) < 4.78 is 12.3. The Balaban J connectivity index is 2.82. The van der Waals surface area contributed by atoms with Crippen molar-refractivity contribution >= 4 is 28.3 Å². The summed E-state index contributed by atoms with van der Waals surface area (Å²) in [4.78, 5) is 0. The Bertz CT molecular complexity index is 238. The van der Waals surface area contributed by atoms with Gasteiger partial charge in [0, 0.05) is 16.8 Å². The van der Waals surface area contributed by atoms with E-state index in [-0.39, 0.29) is 0 Å². The molecule has 13 heavy (non-hydrogen) atoms. The number of allylic oxidation sites excluding steroid dienone is 2. The molecule has 0 bridgehead atoms. The van der Waals surface area contributed by atoms with Crippen LogP contribution < -0.4 is 0 Å². The van der Waals surface area contributed by atoms with Gasteiger partial charge in [0.1, 0.15) is 0 Å². The molecule has 0 aliphatic carbocycles. The van der Waals surface area contributed by atoms with Crippen LogP contribution in [0.2, 0.25) is 0 Å². The minimum Gasteiger partial charge on any atom is -0.296 e. The van der Waals surface area contributed by atoms with E-state index in [0.717, 1.165) is 17.9 Å². The fraction of sp³-hybridized carbons (Fsp3) is 0.778. The minimum atomic E-state index is -2.04. The zero-order chi connectivity index (χ0) is 9.90. The summed E-state index contributed by atoms with van der Waals surface area (Å²) in [5.41, 5.74) is -2.04. The number of hydrogen-bond donors (Lipinski definition) is 0. The van der Waals surface area contributed by atoms with E-state index < -0.39 is 5.55 Å². The molecule has 0 N–H and O–H groups in total. The molecule has 0 radical (unpaired) electrons. The van der Waals surface area contributed by atoms with E-state index in [9.17, 15) is 4.57 Å². The Morgan fingerprint density at radius 1 is 1.46 bits per heavy atom. The van der Waals surface area contributed by atoms with Gasteiger partial charge in [0.15, 0.2) is 0 Å². The highest BCUT2D eigenvalue weighted by Gasteiger charge is 2.32. The van der Waals surface area contributed by atoms with Crippen LogP contribution in [-0.4, -0.2) is 11.5 Å². The second kappa shape index (κ2) is 4.95. The van der Waals surface area contributed by atoms with E-state index in [1.807, 2.05) is 0 Å². The standard InChI is InChI=1S/C9H17OPS2/c1-4-9(7-8(2)3)11(10)12-5-6-13-11/h7-8H,4-6H2,1-3H3/b9-7+. The Morgan fingerprint density at radius 3 is 2.38 bits per heavy atom. The molecule has 1 aliphatic rings. The largest absolute Gasteiger partial charge is 0.296 e. The maximum Gasteiger partial charge on any atom is 0.215 e. The summed E-state index contributed by atoms with van der Waals surface area (Å²) in [5.74, 6) is 2.62. The Morgan fingerprint density at radius 2 is 2.00 bits per heavy atom. The zero-order valence-corrected chi connectivity index (χ0v) is 11.0. The molecule has 0 amide bonds. The van der Waals surface area contributed by atoms with Gasteiger partial charge in [0.2, 0.25) is 5.55 Å². The third-order valence-electron chi connectivity index (χ3n) is 1.85. The van der Waals surface area contributed by atoms with Gasteiger partial charge in [0.25, 0.3) is 0 Å². The normalized spacial score (nSPS) is 22.6. The third-order valence-corrected chi connectivity index (χ3v) is 11.2. The molecule has 0 aromatic heterocycles. The molecule has 1 nitrogen and oxygen atoms in total. The molecule has 0 atom stereocenters. The first-order valence-corrected chi connectivity index (χ1v) is 9.57. The smallest absolute Gasteiger partial charge is 0.215 e. The van der Waals surface area contributed by atoms with Crippen LogP contribution in [0.4, 0.5) is 0 Å². The Kier molecular flexibility index (Phi) is 4.47. The molecule has 1 aliphatic heterocycles. The lowest BCUT2D eigenvalue weighted by Gasteiger charge is -2.13. The molecule has 76 valence electrons. The molecule has 1 saturated heterocycles. The molecule has 4 heteroatoms. The molecular weight excluding hydrogens is 219 g/mol. The number of hydrogen-bond acceptors (Lipinski definition) is 3. The van der Waals surface area contributed by atoms with Crippen molar-refractivity contribution in [3.05, 3.63) is 11.4 Å². The third kappa shape index (κ3) is 3.07. The van der Waals surface area contributed by atoms with Crippen molar-refractivity contribution in [3.63, 3.8) is 0 Å². The Hall–Kier alpha value is 0.670. The summed E-state index contributed by atoms with van der Waals surface area (Å²) in [6.07, 6.45) is 3.13. The average molecular weight is 236 g/mol. The highest BCUT2D eigenvalue weighted by molar-refractivity contribution is 8.93. The second-order valence-corrected chi connectivity index (χ2v) is 11.6. The molecule has 1 fully saturated rings. The van der Waals surface area contributed by atoms with Crippen LogP contribution in [0.15, 0.2) is 11.4 Å². The minimum absolute atomic E-state index is 0.516. The zero-order valence-electron chi connectivity index (χ0n) is 8.45. The summed E-state index contributed by atoms with van der Waals surface area (Å²) in [6, 6.07) is 0. The highest BCUT2D eigenvalue weighted by atomic mass is 33.1. The van der Waals surface area contributed by atoms with Crippen LogP contribution >= 0.6 is 28.3 Å². The van der Waals surface area contributed by atoms with Crippen molar-refractivity contribution in [1.82, 2.24) is 0 Å². The van der Waals surface area contributed by atoms with Gasteiger partial charge in [-0.3, -0.25) is 4.57 Å². The maximum atomic E-state index is 12.3. The van der Waals surface area contributed by atoms with E-state index in [1.54, 1.807) is 22.8 Å². The van der Waals surface area contributed by atoms with Crippen molar-refractivity contribution in [1.29, 1.82) is 0 Å². The van der Waals surface area contributed by atoms with Gasteiger partial charge in [-0.1, -0.05) is 49.6 Å². The van der Waals surface area contributed by atoms with Crippen LogP contribution in [0.1, 0.15) is 27.2 Å². The SMILES string of the molecule is CC/C(=C\C(C)C)P1(=O)SCCS1. The van der Waals surface area contributed by atoms with Crippen LogP contribution in [0, 0.1) is 5.92 Å². The van der Waals surface area contributed by atoms with Crippen molar-refractivity contribution in [3.8, 4) is 0 Å². The molecular formula is C9H17OPS2. The predicted octanol–water partition coefficient (Wildman–Crippen LogP) is 4.61. The van der Waals surface area contributed by atoms with Gasteiger partial charge in [-0.05, 0) is 12.3 Å². The van der Waals surface area contributed by atoms with Gasteiger partial charge in [-0.2, -0.15) is 0 Å². The quantitative estimate of drug-likeness (QED) is 0.666.